The summed E-state index contributed by atoms with van der Waals surface area (Å²) in [6, 6.07) is 10.4. The molecule has 0 amide bonds. The van der Waals surface area contributed by atoms with Crippen LogP contribution in [0.25, 0.3) is 0 Å². The Balaban J connectivity index is 2.48. The fourth-order valence-electron chi connectivity index (χ4n) is 1.93. The van der Waals surface area contributed by atoms with Gasteiger partial charge in [0.1, 0.15) is 0 Å². The van der Waals surface area contributed by atoms with E-state index in [-0.39, 0.29) is 6.10 Å². The zero-order valence-electron chi connectivity index (χ0n) is 10.3. The maximum Gasteiger partial charge on any atom is 0.0695 e. The van der Waals surface area contributed by atoms with Crippen molar-refractivity contribution < 1.29 is 5.11 Å². The molecule has 2 nitrogen and oxygen atoms in total. The highest BCUT2D eigenvalue weighted by Crippen LogP contribution is 2.15. The van der Waals surface area contributed by atoms with Gasteiger partial charge in [0.2, 0.25) is 0 Å². The Bertz CT molecular complexity index is 273. The van der Waals surface area contributed by atoms with E-state index in [4.69, 9.17) is 0 Å². The Labute approximate surface area is 98.7 Å². The van der Waals surface area contributed by atoms with Gasteiger partial charge < -0.3 is 10.4 Å². The van der Waals surface area contributed by atoms with Crippen LogP contribution in [0.5, 0.6) is 0 Å². The van der Waals surface area contributed by atoms with Crippen LogP contribution in [0, 0.1) is 5.92 Å². The molecule has 0 aromatic heterocycles. The van der Waals surface area contributed by atoms with Crippen molar-refractivity contribution in [2.24, 2.45) is 5.92 Å². The van der Waals surface area contributed by atoms with Crippen molar-refractivity contribution >= 4 is 0 Å². The first-order valence-electron chi connectivity index (χ1n) is 6.20. The van der Waals surface area contributed by atoms with Gasteiger partial charge in [-0.15, -0.1) is 0 Å². The number of hydrogen-bond acceptors (Lipinski definition) is 2. The Morgan fingerprint density at radius 2 is 1.88 bits per heavy atom. The van der Waals surface area contributed by atoms with Crippen LogP contribution in [0.4, 0.5) is 0 Å². The molecule has 2 N–H and O–H groups in total. The molecule has 90 valence electrons. The van der Waals surface area contributed by atoms with Gasteiger partial charge in [0.05, 0.1) is 6.10 Å². The van der Waals surface area contributed by atoms with Gasteiger partial charge in [-0.3, -0.25) is 0 Å². The van der Waals surface area contributed by atoms with Crippen molar-refractivity contribution in [3.05, 3.63) is 35.9 Å². The van der Waals surface area contributed by atoms with Crippen molar-refractivity contribution in [1.29, 1.82) is 0 Å². The van der Waals surface area contributed by atoms with Crippen LogP contribution >= 0.6 is 0 Å². The molecule has 1 rings (SSSR count). The molecular formula is C14H23NO. The van der Waals surface area contributed by atoms with E-state index in [0.717, 1.165) is 19.4 Å². The monoisotopic (exact) mass is 221 g/mol. The first kappa shape index (κ1) is 13.2. The molecule has 0 radical (unpaired) electrons. The minimum atomic E-state index is -0.245. The van der Waals surface area contributed by atoms with Gasteiger partial charge in [-0.05, 0) is 24.4 Å². The summed E-state index contributed by atoms with van der Waals surface area (Å²) in [6.07, 6.45) is 1.73. The fourth-order valence-corrected chi connectivity index (χ4v) is 1.93. The van der Waals surface area contributed by atoms with E-state index >= 15 is 0 Å². The summed E-state index contributed by atoms with van der Waals surface area (Å²) in [6.45, 7) is 5.81. The highest BCUT2D eigenvalue weighted by molar-refractivity contribution is 5.15. The topological polar surface area (TPSA) is 32.3 Å². The summed E-state index contributed by atoms with van der Waals surface area (Å²) in [4.78, 5) is 0. The molecule has 0 heterocycles. The Hall–Kier alpha value is -0.860. The molecule has 0 aliphatic rings. The summed E-state index contributed by atoms with van der Waals surface area (Å²) in [7, 11) is 0. The summed E-state index contributed by atoms with van der Waals surface area (Å²) in [5.74, 6) is 0.349. The quantitative estimate of drug-likeness (QED) is 0.740. The second-order valence-corrected chi connectivity index (χ2v) is 4.23. The maximum atomic E-state index is 10.0. The molecule has 16 heavy (non-hydrogen) atoms. The minimum Gasteiger partial charge on any atom is -0.392 e. The fraction of sp³-hybridized carbons (Fsp3) is 0.571. The maximum absolute atomic E-state index is 10.0. The number of hydrogen-bond donors (Lipinski definition) is 2. The molecule has 2 atom stereocenters. The Kier molecular flexibility index (Phi) is 6.12. The molecule has 0 aliphatic carbocycles. The third-order valence-corrected chi connectivity index (χ3v) is 3.01. The highest BCUT2D eigenvalue weighted by atomic mass is 16.3. The standard InChI is InChI=1S/C14H23NO/c1-3-13(14(16)11-15-4-2)10-12-8-6-5-7-9-12/h5-9,13-16H,3-4,10-11H2,1-2H3. The number of aliphatic hydroxyl groups excluding tert-OH is 1. The first-order chi connectivity index (χ1) is 7.77. The van der Waals surface area contributed by atoms with Gasteiger partial charge >= 0.3 is 0 Å². The predicted molar refractivity (Wildman–Crippen MR) is 68.5 cm³/mol. The molecule has 0 fully saturated rings. The van der Waals surface area contributed by atoms with E-state index < -0.39 is 0 Å². The average molecular weight is 221 g/mol. The van der Waals surface area contributed by atoms with Crippen LogP contribution in [0.15, 0.2) is 30.3 Å². The summed E-state index contributed by atoms with van der Waals surface area (Å²) in [5, 5.41) is 13.2. The molecule has 0 saturated heterocycles. The van der Waals surface area contributed by atoms with Crippen molar-refractivity contribution in [2.45, 2.75) is 32.8 Å². The molecule has 1 aromatic carbocycles. The first-order valence-corrected chi connectivity index (χ1v) is 6.20. The minimum absolute atomic E-state index is 0.245. The number of aliphatic hydroxyl groups is 1. The number of nitrogens with one attached hydrogen (secondary N) is 1. The Morgan fingerprint density at radius 3 is 2.44 bits per heavy atom. The number of benzene rings is 1. The van der Waals surface area contributed by atoms with Gasteiger partial charge in [-0.1, -0.05) is 50.6 Å². The smallest absolute Gasteiger partial charge is 0.0695 e. The molecule has 2 unspecified atom stereocenters. The lowest BCUT2D eigenvalue weighted by Crippen LogP contribution is -2.33. The van der Waals surface area contributed by atoms with Crippen LogP contribution in [-0.4, -0.2) is 24.3 Å². The van der Waals surface area contributed by atoms with Gasteiger partial charge in [0, 0.05) is 6.54 Å². The molecule has 0 spiro atoms. The van der Waals surface area contributed by atoms with Crippen molar-refractivity contribution in [3.63, 3.8) is 0 Å². The number of likely N-dealkylation sites (N-methyl/N-ethyl adjacent to an activating group) is 1. The van der Waals surface area contributed by atoms with Crippen LogP contribution in [0.1, 0.15) is 25.8 Å². The van der Waals surface area contributed by atoms with Crippen LogP contribution < -0.4 is 5.32 Å². The summed E-state index contributed by atoms with van der Waals surface area (Å²) >= 11 is 0. The largest absolute Gasteiger partial charge is 0.392 e. The van der Waals surface area contributed by atoms with Gasteiger partial charge in [0.25, 0.3) is 0 Å². The van der Waals surface area contributed by atoms with E-state index in [1.165, 1.54) is 5.56 Å². The van der Waals surface area contributed by atoms with E-state index in [9.17, 15) is 5.11 Å². The van der Waals surface area contributed by atoms with E-state index in [1.807, 2.05) is 6.07 Å². The summed E-state index contributed by atoms with van der Waals surface area (Å²) < 4.78 is 0. The lowest BCUT2D eigenvalue weighted by atomic mass is 9.91. The summed E-state index contributed by atoms with van der Waals surface area (Å²) in [5.41, 5.74) is 1.31. The van der Waals surface area contributed by atoms with Gasteiger partial charge in [0.15, 0.2) is 0 Å². The Morgan fingerprint density at radius 1 is 1.19 bits per heavy atom. The van der Waals surface area contributed by atoms with Crippen molar-refractivity contribution in [2.75, 3.05) is 13.1 Å². The highest BCUT2D eigenvalue weighted by Gasteiger charge is 2.16. The van der Waals surface area contributed by atoms with E-state index in [2.05, 4.69) is 43.4 Å². The van der Waals surface area contributed by atoms with E-state index in [1.54, 1.807) is 0 Å². The van der Waals surface area contributed by atoms with Gasteiger partial charge in [-0.2, -0.15) is 0 Å². The second kappa shape index (κ2) is 7.42. The van der Waals surface area contributed by atoms with Gasteiger partial charge in [-0.25, -0.2) is 0 Å². The average Bonchev–Trinajstić information content (AvgIpc) is 2.34. The number of rotatable bonds is 7. The normalized spacial score (nSPS) is 14.7. The van der Waals surface area contributed by atoms with E-state index in [0.29, 0.717) is 12.5 Å². The molecule has 1 aromatic rings. The van der Waals surface area contributed by atoms with Crippen LogP contribution in [0.3, 0.4) is 0 Å². The van der Waals surface area contributed by atoms with Crippen molar-refractivity contribution in [3.8, 4) is 0 Å². The molecule has 0 aliphatic heterocycles. The van der Waals surface area contributed by atoms with Crippen molar-refractivity contribution in [1.82, 2.24) is 5.32 Å². The molecular weight excluding hydrogens is 198 g/mol. The zero-order valence-corrected chi connectivity index (χ0v) is 10.3. The van der Waals surface area contributed by atoms with Crippen LogP contribution in [-0.2, 0) is 6.42 Å². The lowest BCUT2D eigenvalue weighted by Gasteiger charge is -2.21. The zero-order chi connectivity index (χ0) is 11.8. The second-order valence-electron chi connectivity index (χ2n) is 4.23. The predicted octanol–water partition coefficient (Wildman–Crippen LogP) is 2.23. The van der Waals surface area contributed by atoms with Crippen LogP contribution in [0.2, 0.25) is 0 Å². The molecule has 0 bridgehead atoms. The lowest BCUT2D eigenvalue weighted by molar-refractivity contribution is 0.104. The molecule has 0 saturated carbocycles. The molecule has 2 heteroatoms. The third-order valence-electron chi connectivity index (χ3n) is 3.01. The SMILES string of the molecule is CCNCC(O)C(CC)Cc1ccccc1. The third kappa shape index (κ3) is 4.33.